The molecular formula is C14H25N3O3S. The molecular weight excluding hydrogens is 290 g/mol. The monoisotopic (exact) mass is 315 g/mol. The standard InChI is InChI=1S/C14H25N3O3S/c1-2-12-11-17(9-10-21-12)14(20)16-7-5-15(6-8-16)4-3-13(18)19/h12H,2-11H2,1H3,(H,18,19). The number of aliphatic carboxylic acids is 1. The van der Waals surface area contributed by atoms with Gasteiger partial charge in [0.15, 0.2) is 0 Å². The number of thioether (sulfide) groups is 1. The Morgan fingerprint density at radius 3 is 2.48 bits per heavy atom. The summed E-state index contributed by atoms with van der Waals surface area (Å²) in [5.41, 5.74) is 0. The fraction of sp³-hybridized carbons (Fsp3) is 0.857. The molecule has 2 fully saturated rings. The van der Waals surface area contributed by atoms with Crippen molar-refractivity contribution in [3.05, 3.63) is 0 Å². The molecule has 1 N–H and O–H groups in total. The number of carbonyl (C=O) groups excluding carboxylic acids is 1. The lowest BCUT2D eigenvalue weighted by atomic mass is 10.2. The van der Waals surface area contributed by atoms with Crippen LogP contribution in [0.1, 0.15) is 19.8 Å². The molecule has 2 amide bonds. The lowest BCUT2D eigenvalue weighted by Gasteiger charge is -2.39. The van der Waals surface area contributed by atoms with E-state index in [9.17, 15) is 9.59 Å². The van der Waals surface area contributed by atoms with E-state index in [1.165, 1.54) is 0 Å². The Balaban J connectivity index is 1.76. The van der Waals surface area contributed by atoms with E-state index in [2.05, 4.69) is 11.8 Å². The molecule has 0 aromatic carbocycles. The maximum absolute atomic E-state index is 12.5. The summed E-state index contributed by atoms with van der Waals surface area (Å²) in [4.78, 5) is 29.1. The quantitative estimate of drug-likeness (QED) is 0.839. The van der Waals surface area contributed by atoms with Crippen molar-refractivity contribution in [2.24, 2.45) is 0 Å². The molecule has 0 saturated carbocycles. The molecule has 1 unspecified atom stereocenters. The number of urea groups is 1. The molecule has 21 heavy (non-hydrogen) atoms. The third-order valence-corrected chi connectivity index (χ3v) is 5.52. The van der Waals surface area contributed by atoms with Crippen LogP contribution in [0.3, 0.4) is 0 Å². The van der Waals surface area contributed by atoms with Crippen molar-refractivity contribution in [1.82, 2.24) is 14.7 Å². The van der Waals surface area contributed by atoms with Crippen molar-refractivity contribution in [1.29, 1.82) is 0 Å². The van der Waals surface area contributed by atoms with Gasteiger partial charge in [0.05, 0.1) is 6.42 Å². The van der Waals surface area contributed by atoms with Crippen LogP contribution in [0.25, 0.3) is 0 Å². The van der Waals surface area contributed by atoms with Gasteiger partial charge >= 0.3 is 12.0 Å². The molecule has 0 radical (unpaired) electrons. The molecule has 120 valence electrons. The van der Waals surface area contributed by atoms with E-state index in [0.29, 0.717) is 24.9 Å². The van der Waals surface area contributed by atoms with Gasteiger partial charge in [-0.1, -0.05) is 6.92 Å². The van der Waals surface area contributed by atoms with Crippen LogP contribution in [0.5, 0.6) is 0 Å². The van der Waals surface area contributed by atoms with Crippen molar-refractivity contribution < 1.29 is 14.7 Å². The van der Waals surface area contributed by atoms with Crippen LogP contribution in [0, 0.1) is 0 Å². The van der Waals surface area contributed by atoms with E-state index in [-0.39, 0.29) is 12.5 Å². The highest BCUT2D eigenvalue weighted by molar-refractivity contribution is 8.00. The molecule has 0 spiro atoms. The second kappa shape index (κ2) is 7.89. The van der Waals surface area contributed by atoms with Gasteiger partial charge in [0.2, 0.25) is 0 Å². The molecule has 0 aliphatic carbocycles. The molecule has 2 rings (SSSR count). The van der Waals surface area contributed by atoms with E-state index in [4.69, 9.17) is 5.11 Å². The van der Waals surface area contributed by atoms with Crippen LogP contribution < -0.4 is 0 Å². The van der Waals surface area contributed by atoms with Crippen LogP contribution in [-0.2, 0) is 4.79 Å². The first-order valence-electron chi connectivity index (χ1n) is 7.69. The predicted molar refractivity (Wildman–Crippen MR) is 83.8 cm³/mol. The number of carbonyl (C=O) groups is 2. The normalized spacial score (nSPS) is 24.1. The minimum absolute atomic E-state index is 0.159. The molecule has 0 bridgehead atoms. The lowest BCUT2D eigenvalue weighted by Crippen LogP contribution is -2.55. The van der Waals surface area contributed by atoms with Crippen molar-refractivity contribution in [3.63, 3.8) is 0 Å². The summed E-state index contributed by atoms with van der Waals surface area (Å²) in [5.74, 6) is 0.271. The summed E-state index contributed by atoms with van der Waals surface area (Å²) in [6.45, 7) is 7.43. The fourth-order valence-electron chi connectivity index (χ4n) is 2.76. The van der Waals surface area contributed by atoms with Gasteiger partial charge in [-0.2, -0.15) is 11.8 Å². The zero-order valence-electron chi connectivity index (χ0n) is 12.7. The van der Waals surface area contributed by atoms with Gasteiger partial charge in [-0.15, -0.1) is 0 Å². The molecule has 7 heteroatoms. The third kappa shape index (κ3) is 4.78. The first-order valence-corrected chi connectivity index (χ1v) is 8.74. The Morgan fingerprint density at radius 2 is 1.86 bits per heavy atom. The second-order valence-corrected chi connectivity index (χ2v) is 7.01. The third-order valence-electron chi connectivity index (χ3n) is 4.15. The fourth-order valence-corrected chi connectivity index (χ4v) is 3.94. The number of hydrogen-bond donors (Lipinski definition) is 1. The van der Waals surface area contributed by atoms with Crippen LogP contribution in [0.2, 0.25) is 0 Å². The molecule has 2 aliphatic rings. The van der Waals surface area contributed by atoms with E-state index in [0.717, 1.165) is 38.4 Å². The Bertz CT molecular complexity index is 372. The van der Waals surface area contributed by atoms with Gasteiger partial charge in [-0.25, -0.2) is 4.79 Å². The lowest BCUT2D eigenvalue weighted by molar-refractivity contribution is -0.137. The first-order chi connectivity index (χ1) is 10.1. The molecule has 2 heterocycles. The number of carboxylic acids is 1. The average molecular weight is 315 g/mol. The highest BCUT2D eigenvalue weighted by Gasteiger charge is 2.28. The summed E-state index contributed by atoms with van der Waals surface area (Å²) in [6.07, 6.45) is 1.28. The zero-order chi connectivity index (χ0) is 15.2. The maximum atomic E-state index is 12.5. The number of carboxylic acid groups (broad SMARTS) is 1. The Kier molecular flexibility index (Phi) is 6.17. The smallest absolute Gasteiger partial charge is 0.320 e. The largest absolute Gasteiger partial charge is 0.481 e. The summed E-state index contributed by atoms with van der Waals surface area (Å²) in [6, 6.07) is 0.159. The minimum Gasteiger partial charge on any atom is -0.481 e. The van der Waals surface area contributed by atoms with Crippen molar-refractivity contribution >= 4 is 23.8 Å². The summed E-state index contributed by atoms with van der Waals surface area (Å²) in [5, 5.41) is 9.27. The van der Waals surface area contributed by atoms with Gasteiger partial charge in [0.1, 0.15) is 0 Å². The Morgan fingerprint density at radius 1 is 1.14 bits per heavy atom. The van der Waals surface area contributed by atoms with E-state index < -0.39 is 5.97 Å². The van der Waals surface area contributed by atoms with Gasteiger partial charge in [0, 0.05) is 56.8 Å². The topological polar surface area (TPSA) is 64.1 Å². The predicted octanol–water partition coefficient (Wildman–Crippen LogP) is 1.03. The van der Waals surface area contributed by atoms with E-state index >= 15 is 0 Å². The number of amides is 2. The number of hydrogen-bond acceptors (Lipinski definition) is 4. The Labute approximate surface area is 130 Å². The summed E-state index contributed by atoms with van der Waals surface area (Å²) in [7, 11) is 0. The molecule has 0 aromatic heterocycles. The first kappa shape index (κ1) is 16.4. The molecule has 1 atom stereocenters. The number of nitrogens with zero attached hydrogens (tertiary/aromatic N) is 3. The minimum atomic E-state index is -0.759. The highest BCUT2D eigenvalue weighted by atomic mass is 32.2. The van der Waals surface area contributed by atoms with Crippen LogP contribution in [0.4, 0.5) is 4.79 Å². The van der Waals surface area contributed by atoms with Gasteiger partial charge in [0.25, 0.3) is 0 Å². The van der Waals surface area contributed by atoms with E-state index in [1.54, 1.807) is 0 Å². The maximum Gasteiger partial charge on any atom is 0.320 e. The molecule has 2 saturated heterocycles. The van der Waals surface area contributed by atoms with Crippen molar-refractivity contribution in [3.8, 4) is 0 Å². The summed E-state index contributed by atoms with van der Waals surface area (Å²) < 4.78 is 0. The van der Waals surface area contributed by atoms with Crippen LogP contribution in [-0.4, -0.2) is 88.6 Å². The molecule has 0 aromatic rings. The van der Waals surface area contributed by atoms with Crippen molar-refractivity contribution in [2.75, 3.05) is 51.6 Å². The molecule has 2 aliphatic heterocycles. The second-order valence-electron chi connectivity index (χ2n) is 5.60. The SMILES string of the molecule is CCC1CN(C(=O)N2CCN(CCC(=O)O)CC2)CCS1. The average Bonchev–Trinajstić information content (AvgIpc) is 2.52. The number of rotatable bonds is 4. The molecule has 6 nitrogen and oxygen atoms in total. The van der Waals surface area contributed by atoms with Gasteiger partial charge in [-0.3, -0.25) is 9.69 Å². The van der Waals surface area contributed by atoms with Gasteiger partial charge < -0.3 is 14.9 Å². The van der Waals surface area contributed by atoms with E-state index in [1.807, 2.05) is 21.6 Å². The Hall–Kier alpha value is -0.950. The highest BCUT2D eigenvalue weighted by Crippen LogP contribution is 2.22. The van der Waals surface area contributed by atoms with Crippen LogP contribution >= 0.6 is 11.8 Å². The van der Waals surface area contributed by atoms with Crippen LogP contribution in [0.15, 0.2) is 0 Å². The van der Waals surface area contributed by atoms with Gasteiger partial charge in [-0.05, 0) is 6.42 Å². The number of piperazine rings is 1. The zero-order valence-corrected chi connectivity index (χ0v) is 13.5. The van der Waals surface area contributed by atoms with Crippen molar-refractivity contribution in [2.45, 2.75) is 25.0 Å². The summed E-state index contributed by atoms with van der Waals surface area (Å²) >= 11 is 1.96.